The quantitative estimate of drug-likeness (QED) is 0.271. The fraction of sp³-hybridized carbons (Fsp3) is 0. The number of aromatic amines is 1. The van der Waals surface area contributed by atoms with E-state index in [1.807, 2.05) is 0 Å². The van der Waals surface area contributed by atoms with Crippen LogP contribution in [-0.2, 0) is 4.79 Å². The minimum atomic E-state index is -1.41. The van der Waals surface area contributed by atoms with E-state index in [4.69, 9.17) is 10.3 Å². The summed E-state index contributed by atoms with van der Waals surface area (Å²) in [5.74, 6) is -1.61. The molecule has 0 aliphatic carbocycles. The summed E-state index contributed by atoms with van der Waals surface area (Å²) in [6.07, 6.45) is 0. The summed E-state index contributed by atoms with van der Waals surface area (Å²) in [5, 5.41) is 30.5. The van der Waals surface area contributed by atoms with Crippen molar-refractivity contribution in [3.63, 3.8) is 0 Å². The molecular weight excluding hydrogens is 154 g/mol. The number of hydrogen-bond donors (Lipinski definition) is 3. The Kier molecular flexibility index (Phi) is 1.77. The average Bonchev–Trinajstić information content (AvgIpc) is 2.40. The van der Waals surface area contributed by atoms with Gasteiger partial charge in [-0.05, 0) is 10.4 Å². The second kappa shape index (κ2) is 2.73. The van der Waals surface area contributed by atoms with E-state index in [0.29, 0.717) is 0 Å². The van der Waals surface area contributed by atoms with E-state index >= 15 is 0 Å². The number of carboxylic acids is 1. The fourth-order valence-corrected chi connectivity index (χ4v) is 0.451. The van der Waals surface area contributed by atoms with Gasteiger partial charge in [0.15, 0.2) is 0 Å². The third kappa shape index (κ3) is 1.28. The molecule has 0 atom stereocenters. The minimum absolute atomic E-state index is 0.194. The Morgan fingerprint density at radius 3 is 2.73 bits per heavy atom. The highest BCUT2D eigenvalue weighted by Crippen LogP contribution is 1.88. The molecule has 1 heterocycles. The van der Waals surface area contributed by atoms with Crippen molar-refractivity contribution in [1.82, 2.24) is 20.6 Å². The van der Waals surface area contributed by atoms with Crippen molar-refractivity contribution in [3.8, 4) is 0 Å². The average molecular weight is 157 g/mol. The molecule has 8 heteroatoms. The van der Waals surface area contributed by atoms with Crippen LogP contribution < -0.4 is 0 Å². The number of hydrogen-bond acceptors (Lipinski definition) is 6. The van der Waals surface area contributed by atoms with Gasteiger partial charge in [-0.3, -0.25) is 0 Å². The van der Waals surface area contributed by atoms with Crippen LogP contribution in [0.25, 0.3) is 0 Å². The van der Waals surface area contributed by atoms with Gasteiger partial charge in [-0.25, -0.2) is 9.89 Å². The number of tetrazole rings is 1. The third-order valence-corrected chi connectivity index (χ3v) is 0.872. The molecule has 0 saturated heterocycles. The summed E-state index contributed by atoms with van der Waals surface area (Å²) < 4.78 is 0. The molecule has 0 bridgehead atoms. The maximum atomic E-state index is 10.2. The molecule has 1 rings (SSSR count). The van der Waals surface area contributed by atoms with Crippen LogP contribution in [0.4, 0.5) is 0 Å². The van der Waals surface area contributed by atoms with E-state index in [0.717, 1.165) is 0 Å². The van der Waals surface area contributed by atoms with Crippen LogP contribution in [0.2, 0.25) is 0 Å². The first-order valence-corrected chi connectivity index (χ1v) is 2.45. The predicted molar refractivity (Wildman–Crippen MR) is 30.1 cm³/mol. The number of H-pyrrole nitrogens is 1. The molecule has 3 N–H and O–H groups in total. The molecule has 0 aliphatic heterocycles. The topological polar surface area (TPSA) is 124 Å². The van der Waals surface area contributed by atoms with Gasteiger partial charge in [0.05, 0.1) is 0 Å². The predicted octanol–water partition coefficient (Wildman–Crippen LogP) is -1.54. The molecule has 0 spiro atoms. The number of oxime groups is 1. The highest BCUT2D eigenvalue weighted by molar-refractivity contribution is 6.41. The van der Waals surface area contributed by atoms with Gasteiger partial charge < -0.3 is 10.3 Å². The monoisotopic (exact) mass is 157 g/mol. The lowest BCUT2D eigenvalue weighted by atomic mass is 10.4. The van der Waals surface area contributed by atoms with Crippen LogP contribution in [0, 0.1) is 0 Å². The number of nitrogens with zero attached hydrogens (tertiary/aromatic N) is 4. The van der Waals surface area contributed by atoms with Crippen LogP contribution in [-0.4, -0.2) is 42.6 Å². The van der Waals surface area contributed by atoms with Gasteiger partial charge in [0.25, 0.3) is 0 Å². The molecule has 0 aliphatic rings. The van der Waals surface area contributed by atoms with Gasteiger partial charge >= 0.3 is 5.97 Å². The zero-order valence-corrected chi connectivity index (χ0v) is 5.09. The van der Waals surface area contributed by atoms with E-state index < -0.39 is 11.7 Å². The SMILES string of the molecule is O=C(O)/C(=N/O)c1nnn[nH]1. The molecule has 1 aromatic rings. The molecule has 8 nitrogen and oxygen atoms in total. The Labute approximate surface area is 59.5 Å². The number of aliphatic carboxylic acids is 1. The van der Waals surface area contributed by atoms with Crippen molar-refractivity contribution in [2.75, 3.05) is 0 Å². The molecule has 0 radical (unpaired) electrons. The normalized spacial score (nSPS) is 11.5. The fourth-order valence-electron chi connectivity index (χ4n) is 0.451. The molecule has 58 valence electrons. The molecule has 0 amide bonds. The van der Waals surface area contributed by atoms with Gasteiger partial charge in [-0.2, -0.15) is 0 Å². The van der Waals surface area contributed by atoms with E-state index in [1.165, 1.54) is 0 Å². The number of aromatic nitrogens is 4. The lowest BCUT2D eigenvalue weighted by Gasteiger charge is -1.88. The lowest BCUT2D eigenvalue weighted by molar-refractivity contribution is -0.129. The van der Waals surface area contributed by atoms with Gasteiger partial charge in [0.1, 0.15) is 0 Å². The van der Waals surface area contributed by atoms with Gasteiger partial charge in [0, 0.05) is 0 Å². The molecular formula is C3H3N5O3. The van der Waals surface area contributed by atoms with Crippen molar-refractivity contribution < 1.29 is 15.1 Å². The summed E-state index contributed by atoms with van der Waals surface area (Å²) in [4.78, 5) is 10.2. The zero-order chi connectivity index (χ0) is 8.27. The van der Waals surface area contributed by atoms with E-state index in [2.05, 4.69) is 25.8 Å². The molecule has 0 fully saturated rings. The van der Waals surface area contributed by atoms with Crippen LogP contribution in [0.15, 0.2) is 5.16 Å². The summed E-state index contributed by atoms with van der Waals surface area (Å²) in [5.41, 5.74) is -0.630. The van der Waals surface area contributed by atoms with Gasteiger partial charge in [0.2, 0.25) is 11.5 Å². The van der Waals surface area contributed by atoms with E-state index in [-0.39, 0.29) is 5.82 Å². The number of rotatable bonds is 2. The molecule has 11 heavy (non-hydrogen) atoms. The Balaban J connectivity index is 2.99. The largest absolute Gasteiger partial charge is 0.476 e. The minimum Gasteiger partial charge on any atom is -0.476 e. The Hall–Kier alpha value is -1.99. The van der Waals surface area contributed by atoms with Crippen molar-refractivity contribution in [1.29, 1.82) is 0 Å². The highest BCUT2D eigenvalue weighted by atomic mass is 16.4. The van der Waals surface area contributed by atoms with E-state index in [1.54, 1.807) is 0 Å². The highest BCUT2D eigenvalue weighted by Gasteiger charge is 2.16. The first kappa shape index (κ1) is 7.12. The lowest BCUT2D eigenvalue weighted by Crippen LogP contribution is -2.16. The van der Waals surface area contributed by atoms with Crippen molar-refractivity contribution >= 4 is 11.7 Å². The van der Waals surface area contributed by atoms with Crippen LogP contribution in [0.5, 0.6) is 0 Å². The second-order valence-corrected chi connectivity index (χ2v) is 1.50. The second-order valence-electron chi connectivity index (χ2n) is 1.50. The van der Waals surface area contributed by atoms with Crippen molar-refractivity contribution in [2.45, 2.75) is 0 Å². The number of nitrogens with one attached hydrogen (secondary N) is 1. The van der Waals surface area contributed by atoms with Gasteiger partial charge in [-0.1, -0.05) is 5.16 Å². The Morgan fingerprint density at radius 1 is 1.64 bits per heavy atom. The van der Waals surface area contributed by atoms with Crippen LogP contribution in [0.3, 0.4) is 0 Å². The Bertz CT molecular complexity index is 277. The number of carbonyl (C=O) groups is 1. The first-order chi connectivity index (χ1) is 5.25. The van der Waals surface area contributed by atoms with Gasteiger partial charge in [-0.15, -0.1) is 5.10 Å². The van der Waals surface area contributed by atoms with Crippen LogP contribution >= 0.6 is 0 Å². The molecule has 0 saturated carbocycles. The summed E-state index contributed by atoms with van der Waals surface area (Å²) in [7, 11) is 0. The summed E-state index contributed by atoms with van der Waals surface area (Å²) in [6.45, 7) is 0. The molecule has 0 aromatic carbocycles. The molecule has 1 aromatic heterocycles. The smallest absolute Gasteiger partial charge is 0.362 e. The van der Waals surface area contributed by atoms with Crippen LogP contribution in [0.1, 0.15) is 5.82 Å². The van der Waals surface area contributed by atoms with Crippen molar-refractivity contribution in [2.24, 2.45) is 5.16 Å². The number of carboxylic acid groups (broad SMARTS) is 1. The van der Waals surface area contributed by atoms with E-state index in [9.17, 15) is 4.79 Å². The standard InChI is InChI=1S/C3H3N5O3/c9-3(10)1(6-11)2-4-7-8-5-2/h11H,(H,9,10)(H,4,5,7,8)/b6-1+. The summed E-state index contributed by atoms with van der Waals surface area (Å²) in [6, 6.07) is 0. The maximum absolute atomic E-state index is 10.2. The molecule has 0 unspecified atom stereocenters. The maximum Gasteiger partial charge on any atom is 0.362 e. The first-order valence-electron chi connectivity index (χ1n) is 2.45. The third-order valence-electron chi connectivity index (χ3n) is 0.872. The summed E-state index contributed by atoms with van der Waals surface area (Å²) >= 11 is 0. The Morgan fingerprint density at radius 2 is 2.36 bits per heavy atom. The van der Waals surface area contributed by atoms with Crippen molar-refractivity contribution in [3.05, 3.63) is 5.82 Å². The zero-order valence-electron chi connectivity index (χ0n) is 5.09.